The summed E-state index contributed by atoms with van der Waals surface area (Å²) in [6, 6.07) is 0. The van der Waals surface area contributed by atoms with E-state index in [1.54, 1.807) is 5.57 Å². The Hall–Kier alpha value is 0.539. The third kappa shape index (κ3) is 1.39. The van der Waals surface area contributed by atoms with Crippen molar-refractivity contribution in [1.29, 1.82) is 0 Å². The van der Waals surface area contributed by atoms with E-state index in [0.717, 1.165) is 11.8 Å². The summed E-state index contributed by atoms with van der Waals surface area (Å²) in [6.07, 6.45) is 2.78. The Morgan fingerprint density at radius 1 is 1.20 bits per heavy atom. The molecule has 3 aliphatic carbocycles. The SMILES string of the molecule is C=C1C[C@@](C)([Sn]([CH3])([CH3])[CH3])[C@H]2C[C@@H]1C2(C)C. The van der Waals surface area contributed by atoms with E-state index in [4.69, 9.17) is 0 Å². The fraction of sp³-hybridized carbons (Fsp3) is 0.857. The van der Waals surface area contributed by atoms with Gasteiger partial charge < -0.3 is 0 Å². The van der Waals surface area contributed by atoms with Crippen LogP contribution in [0.25, 0.3) is 0 Å². The van der Waals surface area contributed by atoms with Crippen molar-refractivity contribution in [3.8, 4) is 0 Å². The van der Waals surface area contributed by atoms with Gasteiger partial charge in [0.2, 0.25) is 0 Å². The Balaban J connectivity index is 2.40. The van der Waals surface area contributed by atoms with Crippen LogP contribution >= 0.6 is 0 Å². The molecule has 0 aliphatic heterocycles. The first-order valence-corrected chi connectivity index (χ1v) is 16.3. The Bertz CT molecular complexity index is 308. The fourth-order valence-corrected chi connectivity index (χ4v) is 10.7. The van der Waals surface area contributed by atoms with Crippen LogP contribution < -0.4 is 0 Å². The Labute approximate surface area is 99.4 Å². The molecule has 2 bridgehead atoms. The van der Waals surface area contributed by atoms with E-state index in [9.17, 15) is 0 Å². The van der Waals surface area contributed by atoms with Crippen LogP contribution in [0.15, 0.2) is 12.2 Å². The fourth-order valence-electron chi connectivity index (χ4n) is 4.21. The van der Waals surface area contributed by atoms with Gasteiger partial charge in [0.25, 0.3) is 0 Å². The maximum absolute atomic E-state index is 4.37. The first-order chi connectivity index (χ1) is 6.61. The van der Waals surface area contributed by atoms with E-state index in [0.29, 0.717) is 8.85 Å². The van der Waals surface area contributed by atoms with Gasteiger partial charge in [-0.3, -0.25) is 0 Å². The predicted octanol–water partition coefficient (Wildman–Crippen LogP) is 4.71. The molecule has 3 rings (SSSR count). The van der Waals surface area contributed by atoms with Crippen LogP contribution in [0.2, 0.25) is 18.2 Å². The quantitative estimate of drug-likeness (QED) is 0.486. The predicted molar refractivity (Wildman–Crippen MR) is 70.8 cm³/mol. The standard InChI is InChI=1S/C11H17.3CH3.Sn/c1-7-5-8(2)10-6-9(7)11(10,3)4;;;;/h9-10H,1,5-6H2,2-4H3;3*1H3;/t9-,10+;;;;/m0..../s1. The monoisotopic (exact) mass is 314 g/mol. The molecule has 15 heavy (non-hydrogen) atoms. The van der Waals surface area contributed by atoms with Gasteiger partial charge >= 0.3 is 99.6 Å². The van der Waals surface area contributed by atoms with Gasteiger partial charge in [0.1, 0.15) is 0 Å². The van der Waals surface area contributed by atoms with Gasteiger partial charge in [-0.15, -0.1) is 0 Å². The Morgan fingerprint density at radius 2 is 1.73 bits per heavy atom. The van der Waals surface area contributed by atoms with Gasteiger partial charge in [-0.1, -0.05) is 0 Å². The summed E-state index contributed by atoms with van der Waals surface area (Å²) in [4.78, 5) is 7.82. The molecule has 0 radical (unpaired) electrons. The van der Waals surface area contributed by atoms with Gasteiger partial charge in [0.15, 0.2) is 0 Å². The molecule has 0 aromatic heterocycles. The summed E-state index contributed by atoms with van der Waals surface area (Å²) < 4.78 is 0.657. The topological polar surface area (TPSA) is 0 Å². The molecule has 0 nitrogen and oxygen atoms in total. The van der Waals surface area contributed by atoms with E-state index in [1.165, 1.54) is 12.8 Å². The molecule has 86 valence electrons. The summed E-state index contributed by atoms with van der Waals surface area (Å²) in [6.45, 7) is 11.9. The molecule has 3 saturated carbocycles. The van der Waals surface area contributed by atoms with Crippen LogP contribution in [0.4, 0.5) is 0 Å². The van der Waals surface area contributed by atoms with Crippen molar-refractivity contribution < 1.29 is 0 Å². The van der Waals surface area contributed by atoms with Crippen molar-refractivity contribution in [2.75, 3.05) is 0 Å². The summed E-state index contributed by atoms with van der Waals surface area (Å²) >= 11 is -1.86. The second kappa shape index (κ2) is 3.05. The van der Waals surface area contributed by atoms with E-state index in [2.05, 4.69) is 42.2 Å². The third-order valence-electron chi connectivity index (χ3n) is 5.84. The van der Waals surface area contributed by atoms with Crippen LogP contribution in [-0.4, -0.2) is 18.4 Å². The molecule has 0 amide bonds. The molecule has 1 heteroatoms. The average molecular weight is 313 g/mol. The van der Waals surface area contributed by atoms with Gasteiger partial charge in [-0.05, 0) is 0 Å². The first-order valence-electron chi connectivity index (χ1n) is 6.28. The van der Waals surface area contributed by atoms with Crippen molar-refractivity contribution in [3.63, 3.8) is 0 Å². The van der Waals surface area contributed by atoms with Crippen molar-refractivity contribution in [1.82, 2.24) is 0 Å². The van der Waals surface area contributed by atoms with Crippen LogP contribution in [-0.2, 0) is 0 Å². The molecule has 0 heterocycles. The van der Waals surface area contributed by atoms with Crippen LogP contribution in [0.1, 0.15) is 33.6 Å². The van der Waals surface area contributed by atoms with Crippen molar-refractivity contribution in [2.24, 2.45) is 17.3 Å². The number of hydrogen-bond donors (Lipinski definition) is 0. The molecule has 0 spiro atoms. The molecule has 3 fully saturated rings. The molecule has 0 unspecified atom stereocenters. The van der Waals surface area contributed by atoms with E-state index in [-0.39, 0.29) is 0 Å². The number of hydrogen-bond acceptors (Lipinski definition) is 0. The number of fused-ring (bicyclic) bond motifs is 2. The summed E-state index contributed by atoms with van der Waals surface area (Å²) in [5.41, 5.74) is 2.12. The summed E-state index contributed by atoms with van der Waals surface area (Å²) in [5.74, 6) is 1.82. The first kappa shape index (κ1) is 12.0. The van der Waals surface area contributed by atoms with E-state index < -0.39 is 18.4 Å². The number of allylic oxidation sites excluding steroid dienone is 1. The molecule has 3 atom stereocenters. The minimum atomic E-state index is -1.86. The zero-order chi connectivity index (χ0) is 11.6. The summed E-state index contributed by atoms with van der Waals surface area (Å²) in [5, 5.41) is 0. The van der Waals surface area contributed by atoms with Crippen molar-refractivity contribution in [3.05, 3.63) is 12.2 Å². The molecule has 0 aromatic carbocycles. The van der Waals surface area contributed by atoms with Crippen LogP contribution in [0.3, 0.4) is 0 Å². The third-order valence-corrected chi connectivity index (χ3v) is 17.1. The van der Waals surface area contributed by atoms with Gasteiger partial charge in [-0.25, -0.2) is 0 Å². The normalized spacial score (nSPS) is 43.7. The zero-order valence-electron chi connectivity index (χ0n) is 11.3. The molecule has 0 N–H and O–H groups in total. The summed E-state index contributed by atoms with van der Waals surface area (Å²) in [7, 11) is 0. The molecule has 0 saturated heterocycles. The Kier molecular flexibility index (Phi) is 2.44. The zero-order valence-corrected chi connectivity index (χ0v) is 14.1. The van der Waals surface area contributed by atoms with Crippen molar-refractivity contribution in [2.45, 2.75) is 51.9 Å². The molecular formula is C14H26Sn. The van der Waals surface area contributed by atoms with Crippen molar-refractivity contribution >= 4 is 18.4 Å². The Morgan fingerprint density at radius 3 is 2.07 bits per heavy atom. The van der Waals surface area contributed by atoms with Gasteiger partial charge in [-0.2, -0.15) is 0 Å². The molecule has 3 aliphatic rings. The average Bonchev–Trinajstić information content (AvgIpc) is 1.99. The minimum absolute atomic E-state index is 0.550. The second-order valence-corrected chi connectivity index (χ2v) is 23.8. The molecular weight excluding hydrogens is 287 g/mol. The van der Waals surface area contributed by atoms with E-state index >= 15 is 0 Å². The second-order valence-electron chi connectivity index (χ2n) is 7.66. The maximum atomic E-state index is 4.37. The van der Waals surface area contributed by atoms with Gasteiger partial charge in [0.05, 0.1) is 0 Å². The van der Waals surface area contributed by atoms with Gasteiger partial charge in [0, 0.05) is 0 Å². The number of rotatable bonds is 1. The van der Waals surface area contributed by atoms with Crippen LogP contribution in [0, 0.1) is 17.3 Å². The van der Waals surface area contributed by atoms with E-state index in [1.807, 2.05) is 0 Å². The molecule has 0 aromatic rings. The van der Waals surface area contributed by atoms with Crippen LogP contribution in [0.5, 0.6) is 0 Å².